The molecule has 0 saturated heterocycles. The van der Waals surface area contributed by atoms with E-state index in [-0.39, 0.29) is 6.17 Å². The summed E-state index contributed by atoms with van der Waals surface area (Å²) in [6, 6.07) is 88.3. The second kappa shape index (κ2) is 17.3. The number of benzene rings is 9. The Balaban J connectivity index is 1.00. The summed E-state index contributed by atoms with van der Waals surface area (Å²) in [7, 11) is 0. The number of aromatic nitrogens is 2. The fourth-order valence-corrected chi connectivity index (χ4v) is 9.70. The monoisotopic (exact) mass is 856 g/mol. The second-order valence-corrected chi connectivity index (χ2v) is 16.9. The number of fused-ring (bicyclic) bond motifs is 3. The second-order valence-electron chi connectivity index (χ2n) is 16.9. The molecule has 0 fully saturated rings. The van der Waals surface area contributed by atoms with Gasteiger partial charge in [-0.05, 0) is 63.7 Å². The summed E-state index contributed by atoms with van der Waals surface area (Å²) in [6.07, 6.45) is 1.85. The first kappa shape index (κ1) is 39.7. The van der Waals surface area contributed by atoms with Crippen molar-refractivity contribution in [1.82, 2.24) is 14.9 Å². The fraction of sp³-hybridized carbons (Fsp3) is 0.0159. The summed E-state index contributed by atoms with van der Waals surface area (Å²) in [4.78, 5) is 11.1. The van der Waals surface area contributed by atoms with Crippen LogP contribution in [0.2, 0.25) is 0 Å². The molecule has 12 rings (SSSR count). The minimum atomic E-state index is -0.333. The number of pyridine rings is 1. The predicted octanol–water partition coefficient (Wildman–Crippen LogP) is 15.6. The Morgan fingerprint density at radius 1 is 0.343 bits per heavy atom. The predicted molar refractivity (Wildman–Crippen MR) is 279 cm³/mol. The van der Waals surface area contributed by atoms with Gasteiger partial charge in [-0.15, -0.1) is 0 Å². The number of nitrogens with zero attached hydrogens (tertiary/aromatic N) is 3. The lowest BCUT2D eigenvalue weighted by Gasteiger charge is -2.26. The van der Waals surface area contributed by atoms with Gasteiger partial charge in [-0.1, -0.05) is 224 Å². The first-order chi connectivity index (χ1) is 33.2. The molecule has 316 valence electrons. The van der Waals surface area contributed by atoms with Gasteiger partial charge in [0.05, 0.1) is 28.1 Å². The van der Waals surface area contributed by atoms with Gasteiger partial charge >= 0.3 is 0 Å². The summed E-state index contributed by atoms with van der Waals surface area (Å²) in [6.45, 7) is 0. The average Bonchev–Trinajstić information content (AvgIpc) is 3.76. The largest absolute Gasteiger partial charge is 0.360 e. The van der Waals surface area contributed by atoms with Crippen LogP contribution < -0.4 is 5.32 Å². The van der Waals surface area contributed by atoms with Crippen molar-refractivity contribution in [3.8, 4) is 61.6 Å². The summed E-state index contributed by atoms with van der Waals surface area (Å²) in [5, 5.41) is 6.31. The number of para-hydroxylation sites is 2. The van der Waals surface area contributed by atoms with Gasteiger partial charge < -0.3 is 9.88 Å². The molecule has 9 aromatic carbocycles. The van der Waals surface area contributed by atoms with Crippen LogP contribution in [0.15, 0.2) is 260 Å². The zero-order valence-electron chi connectivity index (χ0n) is 36.7. The lowest BCUT2D eigenvalue weighted by molar-refractivity contribution is 0.664. The van der Waals surface area contributed by atoms with Crippen LogP contribution in [0, 0.1) is 0 Å². The number of allylic oxidation sites excluding steroid dienone is 1. The van der Waals surface area contributed by atoms with E-state index in [9.17, 15) is 0 Å². The maximum absolute atomic E-state index is 5.63. The highest BCUT2D eigenvalue weighted by Gasteiger charge is 2.26. The van der Waals surface area contributed by atoms with E-state index >= 15 is 0 Å². The van der Waals surface area contributed by atoms with Crippen molar-refractivity contribution >= 4 is 33.2 Å². The van der Waals surface area contributed by atoms with Crippen LogP contribution in [0.5, 0.6) is 0 Å². The highest BCUT2D eigenvalue weighted by Crippen LogP contribution is 2.49. The minimum Gasteiger partial charge on any atom is -0.360 e. The van der Waals surface area contributed by atoms with Crippen molar-refractivity contribution in [3.05, 3.63) is 271 Å². The summed E-state index contributed by atoms with van der Waals surface area (Å²) in [5.41, 5.74) is 19.3. The quantitative estimate of drug-likeness (QED) is 0.157. The number of aliphatic imine (C=N–C) groups is 1. The zero-order valence-corrected chi connectivity index (χ0v) is 36.7. The van der Waals surface area contributed by atoms with Crippen LogP contribution in [0.3, 0.4) is 0 Å². The molecule has 1 atom stereocenters. The van der Waals surface area contributed by atoms with Crippen LogP contribution in [-0.4, -0.2) is 15.3 Å². The Labute approximate surface area is 390 Å². The number of nitrogens with one attached hydrogen (secondary N) is 1. The molecule has 0 saturated carbocycles. The van der Waals surface area contributed by atoms with E-state index in [2.05, 4.69) is 265 Å². The third kappa shape index (κ3) is 7.41. The van der Waals surface area contributed by atoms with Gasteiger partial charge in [-0.3, -0.25) is 4.99 Å². The van der Waals surface area contributed by atoms with Gasteiger partial charge in [0.15, 0.2) is 0 Å². The average molecular weight is 857 g/mol. The molecule has 2 aromatic heterocycles. The molecule has 0 radical (unpaired) electrons. The van der Waals surface area contributed by atoms with E-state index < -0.39 is 0 Å². The van der Waals surface area contributed by atoms with E-state index in [4.69, 9.17) is 9.98 Å². The molecule has 1 N–H and O–H groups in total. The molecule has 0 spiro atoms. The summed E-state index contributed by atoms with van der Waals surface area (Å²) < 4.78 is 2.36. The maximum Gasteiger partial charge on any atom is 0.145 e. The Morgan fingerprint density at radius 2 is 0.746 bits per heavy atom. The van der Waals surface area contributed by atoms with Crippen LogP contribution in [0.25, 0.3) is 89.1 Å². The van der Waals surface area contributed by atoms with Crippen molar-refractivity contribution in [2.75, 3.05) is 0 Å². The molecular weight excluding hydrogens is 813 g/mol. The molecule has 11 aromatic rings. The van der Waals surface area contributed by atoms with Crippen LogP contribution in [0.4, 0.5) is 0 Å². The van der Waals surface area contributed by atoms with Gasteiger partial charge in [0.2, 0.25) is 0 Å². The summed E-state index contributed by atoms with van der Waals surface area (Å²) >= 11 is 0. The molecule has 1 unspecified atom stereocenters. The van der Waals surface area contributed by atoms with Gasteiger partial charge in [0.1, 0.15) is 6.17 Å². The first-order valence-electron chi connectivity index (χ1n) is 22.9. The molecular formula is C63H44N4. The third-order valence-electron chi connectivity index (χ3n) is 12.9. The SMILES string of the molecule is C1=C(c2ccccc2)NC(c2ccc(-c3c(-c4ccccc4)c(-c4ccccc4)nc(-c4ccccc4)c3-c3ccccc3)cc2)N=C1c1ccc(-n2c3ccccc3c3ccccc32)cc1. The molecule has 3 heterocycles. The normalized spacial score (nSPS) is 13.5. The molecule has 1 aliphatic rings. The minimum absolute atomic E-state index is 0.333. The van der Waals surface area contributed by atoms with Gasteiger partial charge in [0.25, 0.3) is 0 Å². The Bertz CT molecular complexity index is 3440. The van der Waals surface area contributed by atoms with E-state index in [0.717, 1.165) is 89.7 Å². The van der Waals surface area contributed by atoms with E-state index in [1.165, 1.54) is 21.8 Å². The zero-order chi connectivity index (χ0) is 44.5. The molecule has 4 heteroatoms. The number of hydrogen-bond acceptors (Lipinski definition) is 3. The molecule has 1 aliphatic heterocycles. The summed E-state index contributed by atoms with van der Waals surface area (Å²) in [5.74, 6) is 0. The van der Waals surface area contributed by atoms with E-state index in [1.807, 2.05) is 0 Å². The molecule has 4 nitrogen and oxygen atoms in total. The van der Waals surface area contributed by atoms with Crippen molar-refractivity contribution in [2.24, 2.45) is 4.99 Å². The van der Waals surface area contributed by atoms with E-state index in [1.54, 1.807) is 0 Å². The smallest absolute Gasteiger partial charge is 0.145 e. The lowest BCUT2D eigenvalue weighted by Crippen LogP contribution is -2.24. The highest BCUT2D eigenvalue weighted by molar-refractivity contribution is 6.13. The number of hydrogen-bond donors (Lipinski definition) is 1. The fourth-order valence-electron chi connectivity index (χ4n) is 9.70. The van der Waals surface area contributed by atoms with Crippen molar-refractivity contribution in [3.63, 3.8) is 0 Å². The van der Waals surface area contributed by atoms with Gasteiger partial charge in [-0.25, -0.2) is 4.98 Å². The van der Waals surface area contributed by atoms with Crippen molar-refractivity contribution < 1.29 is 0 Å². The topological polar surface area (TPSA) is 42.2 Å². The standard InChI is InChI=1S/C63H44N4/c1-6-20-43(21-7-1)54-42-55(44-38-40-51(41-39-44)67-56-32-18-16-30-52(56)53-31-17-19-33-57(53)67)65-63(64-54)50-36-34-47(35-37-50)58-59(45-22-8-2-9-23-45)61(48-26-12-4-13-27-48)66-62(49-28-14-5-15-29-49)60(58)46-24-10-3-11-25-46/h1-42,63-64H. The van der Waals surface area contributed by atoms with Gasteiger partial charge in [-0.2, -0.15) is 0 Å². The first-order valence-corrected chi connectivity index (χ1v) is 22.9. The highest BCUT2D eigenvalue weighted by atomic mass is 15.1. The van der Waals surface area contributed by atoms with Crippen LogP contribution in [0.1, 0.15) is 22.9 Å². The maximum atomic E-state index is 5.63. The molecule has 0 amide bonds. The molecule has 0 bridgehead atoms. The third-order valence-corrected chi connectivity index (χ3v) is 12.9. The van der Waals surface area contributed by atoms with Crippen LogP contribution in [-0.2, 0) is 0 Å². The van der Waals surface area contributed by atoms with Gasteiger partial charge in [0, 0.05) is 50.0 Å². The molecule has 67 heavy (non-hydrogen) atoms. The molecule has 0 aliphatic carbocycles. The Morgan fingerprint density at radius 3 is 1.24 bits per heavy atom. The Hall–Kier alpha value is -8.86. The van der Waals surface area contributed by atoms with Crippen molar-refractivity contribution in [1.29, 1.82) is 0 Å². The Kier molecular flexibility index (Phi) is 10.2. The number of rotatable bonds is 9. The van der Waals surface area contributed by atoms with E-state index in [0.29, 0.717) is 0 Å². The van der Waals surface area contributed by atoms with Crippen LogP contribution >= 0.6 is 0 Å². The lowest BCUT2D eigenvalue weighted by atomic mass is 9.83. The van der Waals surface area contributed by atoms with Crippen molar-refractivity contribution in [2.45, 2.75) is 6.17 Å².